The van der Waals surface area contributed by atoms with Gasteiger partial charge in [0.2, 0.25) is 0 Å². The predicted molar refractivity (Wildman–Crippen MR) is 88.7 cm³/mol. The van der Waals surface area contributed by atoms with Gasteiger partial charge in [-0.1, -0.05) is 11.6 Å². The van der Waals surface area contributed by atoms with Crippen molar-refractivity contribution in [1.29, 1.82) is 0 Å². The Hall–Kier alpha value is -2.74. The highest BCUT2D eigenvalue weighted by molar-refractivity contribution is 6.31. The van der Waals surface area contributed by atoms with Gasteiger partial charge in [0.1, 0.15) is 11.5 Å². The van der Waals surface area contributed by atoms with E-state index in [1.807, 2.05) is 0 Å². The highest BCUT2D eigenvalue weighted by Gasteiger charge is 2.30. The van der Waals surface area contributed by atoms with Gasteiger partial charge in [-0.3, -0.25) is 9.59 Å². The van der Waals surface area contributed by atoms with E-state index in [0.29, 0.717) is 5.02 Å². The maximum absolute atomic E-state index is 12.1. The quantitative estimate of drug-likeness (QED) is 0.743. The molecular formula is C17H13ClF3NO4. The Morgan fingerprint density at radius 1 is 1.12 bits per heavy atom. The molecule has 1 amide bonds. The Bertz CT molecular complexity index is 807. The van der Waals surface area contributed by atoms with Crippen molar-refractivity contribution in [3.63, 3.8) is 0 Å². The van der Waals surface area contributed by atoms with Crippen LogP contribution in [0.5, 0.6) is 11.5 Å². The third kappa shape index (κ3) is 5.96. The number of anilines is 1. The number of benzene rings is 2. The molecule has 26 heavy (non-hydrogen) atoms. The van der Waals surface area contributed by atoms with E-state index in [9.17, 15) is 22.8 Å². The summed E-state index contributed by atoms with van der Waals surface area (Å²) in [5, 5.41) is 2.81. The van der Waals surface area contributed by atoms with Gasteiger partial charge in [-0.05, 0) is 49.4 Å². The minimum Gasteiger partial charge on any atom is -0.483 e. The molecule has 0 aliphatic heterocycles. The maximum Gasteiger partial charge on any atom is 0.573 e. The molecule has 0 atom stereocenters. The molecule has 0 aliphatic rings. The Morgan fingerprint density at radius 3 is 2.35 bits per heavy atom. The minimum absolute atomic E-state index is 0.200. The van der Waals surface area contributed by atoms with E-state index in [1.165, 1.54) is 37.3 Å². The van der Waals surface area contributed by atoms with Crippen molar-refractivity contribution < 1.29 is 32.2 Å². The van der Waals surface area contributed by atoms with Crippen LogP contribution in [0.15, 0.2) is 42.5 Å². The van der Waals surface area contributed by atoms with Crippen LogP contribution < -0.4 is 14.8 Å². The zero-order chi connectivity index (χ0) is 19.3. The summed E-state index contributed by atoms with van der Waals surface area (Å²) in [6, 6.07) is 9.05. The maximum atomic E-state index is 12.1. The van der Waals surface area contributed by atoms with Crippen molar-refractivity contribution in [2.75, 3.05) is 11.9 Å². The van der Waals surface area contributed by atoms with E-state index in [4.69, 9.17) is 16.3 Å². The highest BCUT2D eigenvalue weighted by atomic mass is 35.5. The molecular weight excluding hydrogens is 375 g/mol. The van der Waals surface area contributed by atoms with Gasteiger partial charge in [0.25, 0.3) is 5.91 Å². The van der Waals surface area contributed by atoms with Gasteiger partial charge >= 0.3 is 6.36 Å². The fourth-order valence-electron chi connectivity index (χ4n) is 1.98. The van der Waals surface area contributed by atoms with Crippen LogP contribution in [0.1, 0.15) is 17.3 Å². The van der Waals surface area contributed by atoms with Gasteiger partial charge in [-0.15, -0.1) is 13.2 Å². The topological polar surface area (TPSA) is 64.6 Å². The lowest BCUT2D eigenvalue weighted by Gasteiger charge is -2.11. The molecule has 0 saturated carbocycles. The fourth-order valence-corrected chi connectivity index (χ4v) is 2.16. The standard InChI is InChI=1S/C17H13ClF3NO4/c1-10(23)14-8-11(18)2-7-15(14)25-9-16(24)22-12-3-5-13(6-4-12)26-17(19,20)21/h2-8H,9H2,1H3,(H,22,24). The molecule has 0 aliphatic carbocycles. The van der Waals surface area contributed by atoms with Crippen molar-refractivity contribution in [1.82, 2.24) is 0 Å². The number of amides is 1. The minimum atomic E-state index is -4.79. The summed E-state index contributed by atoms with van der Waals surface area (Å²) < 4.78 is 45.3. The van der Waals surface area contributed by atoms with E-state index in [0.717, 1.165) is 12.1 Å². The molecule has 0 heterocycles. The second kappa shape index (κ2) is 8.09. The Labute approximate surface area is 151 Å². The summed E-state index contributed by atoms with van der Waals surface area (Å²) in [5.74, 6) is -1.04. The molecule has 5 nitrogen and oxygen atoms in total. The summed E-state index contributed by atoms with van der Waals surface area (Å²) in [4.78, 5) is 23.4. The molecule has 2 rings (SSSR count). The third-order valence-corrected chi connectivity index (χ3v) is 3.29. The van der Waals surface area contributed by atoms with Crippen LogP contribution in [0, 0.1) is 0 Å². The van der Waals surface area contributed by atoms with Gasteiger partial charge in [0, 0.05) is 10.7 Å². The first kappa shape index (κ1) is 19.6. The van der Waals surface area contributed by atoms with Gasteiger partial charge < -0.3 is 14.8 Å². The number of hydrogen-bond donors (Lipinski definition) is 1. The number of Topliss-reactive ketones (excluding diaryl/α,β-unsaturated/α-hetero) is 1. The number of carbonyl (C=O) groups is 2. The SMILES string of the molecule is CC(=O)c1cc(Cl)ccc1OCC(=O)Nc1ccc(OC(F)(F)F)cc1. The van der Waals surface area contributed by atoms with E-state index >= 15 is 0 Å². The molecule has 0 aromatic heterocycles. The first-order valence-electron chi connectivity index (χ1n) is 7.23. The normalized spacial score (nSPS) is 11.0. The molecule has 0 unspecified atom stereocenters. The van der Waals surface area contributed by atoms with E-state index in [2.05, 4.69) is 10.1 Å². The molecule has 9 heteroatoms. The molecule has 0 fully saturated rings. The average molecular weight is 388 g/mol. The molecule has 0 radical (unpaired) electrons. The van der Waals surface area contributed by atoms with Crippen molar-refractivity contribution in [3.05, 3.63) is 53.1 Å². The van der Waals surface area contributed by atoms with Crippen LogP contribution in [0.25, 0.3) is 0 Å². The molecule has 2 aromatic rings. The number of carbonyl (C=O) groups excluding carboxylic acids is 2. The number of ketones is 1. The first-order chi connectivity index (χ1) is 12.1. The van der Waals surface area contributed by atoms with E-state index in [1.54, 1.807) is 0 Å². The summed E-state index contributed by atoms with van der Waals surface area (Å²) in [5.41, 5.74) is 0.495. The van der Waals surface area contributed by atoms with Crippen LogP contribution in [0.3, 0.4) is 0 Å². The smallest absolute Gasteiger partial charge is 0.483 e. The summed E-state index contributed by atoms with van der Waals surface area (Å²) in [6.45, 7) is 0.936. The van der Waals surface area contributed by atoms with Crippen LogP contribution in [0.4, 0.5) is 18.9 Å². The van der Waals surface area contributed by atoms with Crippen LogP contribution >= 0.6 is 11.6 Å². The van der Waals surface area contributed by atoms with Gasteiger partial charge in [-0.25, -0.2) is 0 Å². The lowest BCUT2D eigenvalue weighted by molar-refractivity contribution is -0.274. The fraction of sp³-hybridized carbons (Fsp3) is 0.176. The number of hydrogen-bond acceptors (Lipinski definition) is 4. The van der Waals surface area contributed by atoms with Gasteiger partial charge in [0.05, 0.1) is 5.56 Å². The molecule has 138 valence electrons. The van der Waals surface area contributed by atoms with Crippen molar-refractivity contribution in [3.8, 4) is 11.5 Å². The highest BCUT2D eigenvalue weighted by Crippen LogP contribution is 2.25. The number of ether oxygens (including phenoxy) is 2. The largest absolute Gasteiger partial charge is 0.573 e. The molecule has 0 bridgehead atoms. The van der Waals surface area contributed by atoms with Crippen molar-refractivity contribution in [2.24, 2.45) is 0 Å². The Morgan fingerprint density at radius 2 is 1.77 bits per heavy atom. The molecule has 0 spiro atoms. The van der Waals surface area contributed by atoms with Gasteiger partial charge in [0.15, 0.2) is 12.4 Å². The van der Waals surface area contributed by atoms with Gasteiger partial charge in [-0.2, -0.15) is 0 Å². The van der Waals surface area contributed by atoms with E-state index in [-0.39, 0.29) is 22.8 Å². The molecule has 0 saturated heterocycles. The second-order valence-electron chi connectivity index (χ2n) is 5.11. The zero-order valence-electron chi connectivity index (χ0n) is 13.4. The second-order valence-corrected chi connectivity index (χ2v) is 5.54. The number of rotatable bonds is 6. The van der Waals surface area contributed by atoms with Crippen molar-refractivity contribution in [2.45, 2.75) is 13.3 Å². The Balaban J connectivity index is 1.94. The lowest BCUT2D eigenvalue weighted by Crippen LogP contribution is -2.21. The van der Waals surface area contributed by atoms with Crippen LogP contribution in [0.2, 0.25) is 5.02 Å². The number of halogens is 4. The monoisotopic (exact) mass is 387 g/mol. The molecule has 2 aromatic carbocycles. The van der Waals surface area contributed by atoms with Crippen molar-refractivity contribution >= 4 is 29.0 Å². The first-order valence-corrected chi connectivity index (χ1v) is 7.61. The predicted octanol–water partition coefficient (Wildman–Crippen LogP) is 4.46. The summed E-state index contributed by atoms with van der Waals surface area (Å²) >= 11 is 5.82. The van der Waals surface area contributed by atoms with Crippen LogP contribution in [-0.2, 0) is 4.79 Å². The lowest BCUT2D eigenvalue weighted by atomic mass is 10.1. The van der Waals surface area contributed by atoms with Crippen LogP contribution in [-0.4, -0.2) is 24.7 Å². The zero-order valence-corrected chi connectivity index (χ0v) is 14.1. The number of alkyl halides is 3. The van der Waals surface area contributed by atoms with E-state index < -0.39 is 24.6 Å². The number of nitrogens with one attached hydrogen (secondary N) is 1. The third-order valence-electron chi connectivity index (χ3n) is 3.05. The molecule has 1 N–H and O–H groups in total. The Kier molecular flexibility index (Phi) is 6.10. The average Bonchev–Trinajstić information content (AvgIpc) is 2.54. The summed E-state index contributed by atoms with van der Waals surface area (Å²) in [6.07, 6.45) is -4.79. The summed E-state index contributed by atoms with van der Waals surface area (Å²) in [7, 11) is 0.